The van der Waals surface area contributed by atoms with Crippen molar-refractivity contribution in [1.29, 1.82) is 0 Å². The van der Waals surface area contributed by atoms with Gasteiger partial charge in [0.05, 0.1) is 0 Å². The molecule has 2 rings (SSSR count). The van der Waals surface area contributed by atoms with Gasteiger partial charge in [-0.3, -0.25) is 4.79 Å². The van der Waals surface area contributed by atoms with Gasteiger partial charge in [-0.15, -0.1) is 0 Å². The van der Waals surface area contributed by atoms with Gasteiger partial charge < -0.3 is 10.2 Å². The Kier molecular flexibility index (Phi) is 4.78. The van der Waals surface area contributed by atoms with Crippen LogP contribution >= 0.6 is 11.3 Å². The van der Waals surface area contributed by atoms with Crippen LogP contribution in [-0.4, -0.2) is 36.5 Å². The highest BCUT2D eigenvalue weighted by molar-refractivity contribution is 7.08. The molecule has 4 heteroatoms. The molecule has 1 fully saturated rings. The Morgan fingerprint density at radius 1 is 1.50 bits per heavy atom. The maximum atomic E-state index is 11.9. The van der Waals surface area contributed by atoms with Gasteiger partial charge in [0.25, 0.3) is 5.91 Å². The van der Waals surface area contributed by atoms with Crippen LogP contribution in [0.15, 0.2) is 16.8 Å². The van der Waals surface area contributed by atoms with E-state index < -0.39 is 0 Å². The van der Waals surface area contributed by atoms with Crippen LogP contribution in [0.25, 0.3) is 0 Å². The van der Waals surface area contributed by atoms with Crippen molar-refractivity contribution in [3.05, 3.63) is 22.4 Å². The van der Waals surface area contributed by atoms with Gasteiger partial charge in [0, 0.05) is 36.6 Å². The highest BCUT2D eigenvalue weighted by atomic mass is 32.1. The number of nitrogens with zero attached hydrogens (tertiary/aromatic N) is 1. The smallest absolute Gasteiger partial charge is 0.252 e. The first-order chi connectivity index (χ1) is 8.65. The summed E-state index contributed by atoms with van der Waals surface area (Å²) in [7, 11) is 0. The van der Waals surface area contributed by atoms with E-state index in [1.54, 1.807) is 11.3 Å². The minimum Gasteiger partial charge on any atom is -0.349 e. The number of amides is 1. The number of nitrogens with one attached hydrogen (secondary N) is 1. The molecule has 0 spiro atoms. The van der Waals surface area contributed by atoms with E-state index in [1.807, 2.05) is 16.8 Å². The standard InChI is InChI=1S/C14H22N2OS/c1-11(2)9-16-6-3-13(4-7-16)15-14(17)12-5-8-18-10-12/h5,8,10-11,13H,3-4,6-7,9H2,1-2H3,(H,15,17). The molecule has 0 unspecified atom stereocenters. The summed E-state index contributed by atoms with van der Waals surface area (Å²) < 4.78 is 0. The molecule has 1 aromatic rings. The molecule has 100 valence electrons. The maximum absolute atomic E-state index is 11.9. The average Bonchev–Trinajstić information content (AvgIpc) is 2.84. The summed E-state index contributed by atoms with van der Waals surface area (Å²) >= 11 is 1.57. The molecule has 0 aromatic carbocycles. The molecule has 0 atom stereocenters. The van der Waals surface area contributed by atoms with E-state index in [0.29, 0.717) is 6.04 Å². The predicted octanol–water partition coefficient (Wildman–Crippen LogP) is 2.60. The summed E-state index contributed by atoms with van der Waals surface area (Å²) in [6.07, 6.45) is 2.14. The average molecular weight is 266 g/mol. The Morgan fingerprint density at radius 2 is 2.22 bits per heavy atom. The SMILES string of the molecule is CC(C)CN1CCC(NC(=O)c2ccsc2)CC1. The molecule has 0 aliphatic carbocycles. The van der Waals surface area contributed by atoms with Crippen molar-refractivity contribution < 1.29 is 4.79 Å². The zero-order chi connectivity index (χ0) is 13.0. The molecule has 0 bridgehead atoms. The summed E-state index contributed by atoms with van der Waals surface area (Å²) in [5, 5.41) is 6.99. The monoisotopic (exact) mass is 266 g/mol. The molecule has 1 aliphatic rings. The fourth-order valence-corrected chi connectivity index (χ4v) is 3.07. The Labute approximate surface area is 113 Å². The summed E-state index contributed by atoms with van der Waals surface area (Å²) in [6.45, 7) is 7.89. The van der Waals surface area contributed by atoms with E-state index in [-0.39, 0.29) is 5.91 Å². The summed E-state index contributed by atoms with van der Waals surface area (Å²) in [4.78, 5) is 14.4. The normalized spacial score (nSPS) is 18.2. The van der Waals surface area contributed by atoms with E-state index >= 15 is 0 Å². The third-order valence-electron chi connectivity index (χ3n) is 3.33. The first-order valence-corrected chi connectivity index (χ1v) is 7.65. The highest BCUT2D eigenvalue weighted by Gasteiger charge is 2.21. The first kappa shape index (κ1) is 13.6. The number of rotatable bonds is 4. The Bertz CT molecular complexity index is 367. The summed E-state index contributed by atoms with van der Waals surface area (Å²) in [5.41, 5.74) is 0.796. The Balaban J connectivity index is 1.75. The van der Waals surface area contributed by atoms with E-state index in [4.69, 9.17) is 0 Å². The van der Waals surface area contributed by atoms with Crippen molar-refractivity contribution in [2.45, 2.75) is 32.7 Å². The second kappa shape index (κ2) is 6.34. The van der Waals surface area contributed by atoms with E-state index in [9.17, 15) is 4.79 Å². The van der Waals surface area contributed by atoms with Crippen molar-refractivity contribution in [3.8, 4) is 0 Å². The number of hydrogen-bond donors (Lipinski definition) is 1. The zero-order valence-corrected chi connectivity index (χ0v) is 12.0. The van der Waals surface area contributed by atoms with Gasteiger partial charge in [-0.1, -0.05) is 13.8 Å². The van der Waals surface area contributed by atoms with Crippen LogP contribution in [0.4, 0.5) is 0 Å². The number of thiophene rings is 1. The molecular formula is C14H22N2OS. The molecule has 0 radical (unpaired) electrons. The molecule has 1 N–H and O–H groups in total. The zero-order valence-electron chi connectivity index (χ0n) is 11.2. The predicted molar refractivity (Wildman–Crippen MR) is 76.1 cm³/mol. The number of likely N-dealkylation sites (tertiary alicyclic amines) is 1. The maximum Gasteiger partial charge on any atom is 0.252 e. The first-order valence-electron chi connectivity index (χ1n) is 6.70. The number of carbonyl (C=O) groups is 1. The number of piperidine rings is 1. The number of hydrogen-bond acceptors (Lipinski definition) is 3. The fraction of sp³-hybridized carbons (Fsp3) is 0.643. The van der Waals surface area contributed by atoms with Crippen molar-refractivity contribution in [2.75, 3.05) is 19.6 Å². The third kappa shape index (κ3) is 3.82. The second-order valence-electron chi connectivity index (χ2n) is 5.45. The van der Waals surface area contributed by atoms with Gasteiger partial charge in [-0.05, 0) is 30.2 Å². The van der Waals surface area contributed by atoms with E-state index in [0.717, 1.165) is 37.4 Å². The quantitative estimate of drug-likeness (QED) is 0.908. The third-order valence-corrected chi connectivity index (χ3v) is 4.01. The van der Waals surface area contributed by atoms with Gasteiger partial charge in [0.15, 0.2) is 0 Å². The van der Waals surface area contributed by atoms with Crippen LogP contribution in [0.3, 0.4) is 0 Å². The largest absolute Gasteiger partial charge is 0.349 e. The summed E-state index contributed by atoms with van der Waals surface area (Å²) in [5.74, 6) is 0.806. The van der Waals surface area contributed by atoms with Gasteiger partial charge in [-0.2, -0.15) is 11.3 Å². The molecule has 1 saturated heterocycles. The lowest BCUT2D eigenvalue weighted by molar-refractivity contribution is 0.0908. The van der Waals surface area contributed by atoms with Crippen molar-refractivity contribution >= 4 is 17.2 Å². The lowest BCUT2D eigenvalue weighted by Gasteiger charge is -2.33. The molecule has 1 aliphatic heterocycles. The van der Waals surface area contributed by atoms with Crippen molar-refractivity contribution in [3.63, 3.8) is 0 Å². The minimum absolute atomic E-state index is 0.0820. The van der Waals surface area contributed by atoms with Crippen LogP contribution < -0.4 is 5.32 Å². The van der Waals surface area contributed by atoms with Crippen molar-refractivity contribution in [2.24, 2.45) is 5.92 Å². The number of carbonyl (C=O) groups excluding carboxylic acids is 1. The van der Waals surface area contributed by atoms with Gasteiger partial charge in [-0.25, -0.2) is 0 Å². The molecular weight excluding hydrogens is 244 g/mol. The molecule has 0 saturated carbocycles. The van der Waals surface area contributed by atoms with E-state index in [1.165, 1.54) is 6.54 Å². The Morgan fingerprint density at radius 3 is 2.78 bits per heavy atom. The summed E-state index contributed by atoms with van der Waals surface area (Å²) in [6, 6.07) is 2.23. The van der Waals surface area contributed by atoms with Crippen molar-refractivity contribution in [1.82, 2.24) is 10.2 Å². The van der Waals surface area contributed by atoms with Gasteiger partial charge in [0.1, 0.15) is 0 Å². The minimum atomic E-state index is 0.0820. The van der Waals surface area contributed by atoms with Gasteiger partial charge >= 0.3 is 0 Å². The van der Waals surface area contributed by atoms with Crippen LogP contribution in [-0.2, 0) is 0 Å². The highest BCUT2D eigenvalue weighted by Crippen LogP contribution is 2.13. The fourth-order valence-electron chi connectivity index (χ4n) is 2.44. The Hall–Kier alpha value is -0.870. The van der Waals surface area contributed by atoms with E-state index in [2.05, 4.69) is 24.1 Å². The van der Waals surface area contributed by atoms with Gasteiger partial charge in [0.2, 0.25) is 0 Å². The molecule has 3 nitrogen and oxygen atoms in total. The molecule has 18 heavy (non-hydrogen) atoms. The van der Waals surface area contributed by atoms with Crippen LogP contribution in [0.5, 0.6) is 0 Å². The lowest BCUT2D eigenvalue weighted by atomic mass is 10.0. The van der Waals surface area contributed by atoms with Crippen LogP contribution in [0.2, 0.25) is 0 Å². The molecule has 2 heterocycles. The molecule has 1 amide bonds. The lowest BCUT2D eigenvalue weighted by Crippen LogP contribution is -2.45. The second-order valence-corrected chi connectivity index (χ2v) is 6.23. The van der Waals surface area contributed by atoms with Crippen LogP contribution in [0.1, 0.15) is 37.0 Å². The van der Waals surface area contributed by atoms with Crippen LogP contribution in [0, 0.1) is 5.92 Å². The molecule has 1 aromatic heterocycles. The topological polar surface area (TPSA) is 32.3 Å².